The van der Waals surface area contributed by atoms with Crippen LogP contribution in [0.2, 0.25) is 0 Å². The van der Waals surface area contributed by atoms with Gasteiger partial charge in [-0.25, -0.2) is 9.50 Å². The molecule has 0 saturated carbocycles. The molecule has 5 rings (SSSR count). The number of para-hydroxylation sites is 1. The Morgan fingerprint density at radius 3 is 2.60 bits per heavy atom. The van der Waals surface area contributed by atoms with Crippen LogP contribution >= 0.6 is 0 Å². The Morgan fingerprint density at radius 1 is 0.971 bits per heavy atom. The van der Waals surface area contributed by atoms with Gasteiger partial charge in [0.1, 0.15) is 11.5 Å². The molecule has 3 heterocycles. The van der Waals surface area contributed by atoms with Gasteiger partial charge in [0.25, 0.3) is 0 Å². The van der Waals surface area contributed by atoms with Crippen LogP contribution in [-0.2, 0) is 4.74 Å². The molecule has 2 aromatic heterocycles. The number of likely N-dealkylation sites (N-methyl/N-ethyl adjacent to an activating group) is 1. The number of anilines is 2. The second kappa shape index (κ2) is 9.93. The van der Waals surface area contributed by atoms with Crippen LogP contribution in [0.1, 0.15) is 17.9 Å². The SMILES string of the molecule is COc1cc(C2CCN(C)CC2OC)ccc1Nc1ncc2ccc(-c3ccccc3OC)n2n1. The highest BCUT2D eigenvalue weighted by Gasteiger charge is 2.29. The van der Waals surface area contributed by atoms with Crippen LogP contribution in [0.4, 0.5) is 11.6 Å². The van der Waals surface area contributed by atoms with E-state index in [1.807, 2.05) is 47.0 Å². The first-order chi connectivity index (χ1) is 17.1. The van der Waals surface area contributed by atoms with E-state index in [9.17, 15) is 0 Å². The summed E-state index contributed by atoms with van der Waals surface area (Å²) in [6.45, 7) is 1.97. The van der Waals surface area contributed by atoms with E-state index in [2.05, 4.69) is 34.4 Å². The Hall–Kier alpha value is -3.62. The van der Waals surface area contributed by atoms with Crippen molar-refractivity contribution in [1.82, 2.24) is 19.5 Å². The van der Waals surface area contributed by atoms with Gasteiger partial charge in [-0.2, -0.15) is 0 Å². The van der Waals surface area contributed by atoms with Gasteiger partial charge in [0.15, 0.2) is 0 Å². The molecule has 0 bridgehead atoms. The molecular formula is C27H31N5O3. The maximum Gasteiger partial charge on any atom is 0.245 e. The van der Waals surface area contributed by atoms with Gasteiger partial charge in [0.05, 0.1) is 43.4 Å². The Morgan fingerprint density at radius 2 is 1.80 bits per heavy atom. The topological polar surface area (TPSA) is 73.2 Å². The standard InChI is InChI=1S/C27H31N5O3/c1-31-14-13-20(26(17-31)35-4)18-9-11-22(25(15-18)34-3)29-27-28-16-19-10-12-23(32(19)30-27)21-7-5-6-8-24(21)33-2/h5-12,15-16,20,26H,13-14,17H2,1-4H3,(H,29,30). The predicted octanol–water partition coefficient (Wildman–Crippen LogP) is 4.59. The second-order valence-electron chi connectivity index (χ2n) is 8.85. The number of hydrogen-bond donors (Lipinski definition) is 1. The zero-order valence-electron chi connectivity index (χ0n) is 20.6. The fourth-order valence-corrected chi connectivity index (χ4v) is 4.87. The van der Waals surface area contributed by atoms with Crippen molar-refractivity contribution < 1.29 is 14.2 Å². The molecule has 2 aromatic carbocycles. The van der Waals surface area contributed by atoms with Crippen molar-refractivity contribution in [3.05, 3.63) is 66.4 Å². The van der Waals surface area contributed by atoms with E-state index in [-0.39, 0.29) is 6.10 Å². The summed E-state index contributed by atoms with van der Waals surface area (Å²) >= 11 is 0. The lowest BCUT2D eigenvalue weighted by atomic mass is 9.87. The molecule has 0 radical (unpaired) electrons. The van der Waals surface area contributed by atoms with E-state index < -0.39 is 0 Å². The summed E-state index contributed by atoms with van der Waals surface area (Å²) in [6, 6.07) is 18.2. The molecule has 2 unspecified atom stereocenters. The van der Waals surface area contributed by atoms with Crippen LogP contribution < -0.4 is 14.8 Å². The van der Waals surface area contributed by atoms with Crippen LogP contribution in [0, 0.1) is 0 Å². The van der Waals surface area contributed by atoms with Gasteiger partial charge in [0, 0.05) is 25.1 Å². The number of nitrogens with zero attached hydrogens (tertiary/aromatic N) is 4. The summed E-state index contributed by atoms with van der Waals surface area (Å²) in [5, 5.41) is 8.10. The fourth-order valence-electron chi connectivity index (χ4n) is 4.87. The molecule has 1 aliphatic rings. The second-order valence-corrected chi connectivity index (χ2v) is 8.85. The van der Waals surface area contributed by atoms with Gasteiger partial charge >= 0.3 is 0 Å². The maximum atomic E-state index is 5.80. The first kappa shape index (κ1) is 23.1. The van der Waals surface area contributed by atoms with E-state index in [0.29, 0.717) is 11.9 Å². The van der Waals surface area contributed by atoms with Crippen molar-refractivity contribution in [2.75, 3.05) is 46.8 Å². The molecule has 182 valence electrons. The zero-order chi connectivity index (χ0) is 24.4. The number of ether oxygens (including phenoxy) is 3. The van der Waals surface area contributed by atoms with Gasteiger partial charge in [-0.15, -0.1) is 5.10 Å². The normalized spacial score (nSPS) is 18.5. The molecule has 8 nitrogen and oxygen atoms in total. The first-order valence-corrected chi connectivity index (χ1v) is 11.8. The van der Waals surface area contributed by atoms with Crippen molar-refractivity contribution in [3.8, 4) is 22.8 Å². The Kier molecular flexibility index (Phi) is 6.57. The van der Waals surface area contributed by atoms with E-state index in [0.717, 1.165) is 53.5 Å². The number of rotatable bonds is 7. The van der Waals surface area contributed by atoms with Crippen LogP contribution in [-0.4, -0.2) is 67.1 Å². The minimum atomic E-state index is 0.158. The number of methoxy groups -OCH3 is 3. The molecular weight excluding hydrogens is 442 g/mol. The molecule has 2 atom stereocenters. The Labute approximate surface area is 205 Å². The number of aromatic nitrogens is 3. The molecule has 1 fully saturated rings. The molecule has 1 saturated heterocycles. The van der Waals surface area contributed by atoms with Crippen LogP contribution in [0.15, 0.2) is 60.8 Å². The highest BCUT2D eigenvalue weighted by atomic mass is 16.5. The van der Waals surface area contributed by atoms with E-state index >= 15 is 0 Å². The summed E-state index contributed by atoms with van der Waals surface area (Å²) in [7, 11) is 7.28. The summed E-state index contributed by atoms with van der Waals surface area (Å²) in [5.41, 5.74) is 4.81. The quantitative estimate of drug-likeness (QED) is 0.421. The number of hydrogen-bond acceptors (Lipinski definition) is 7. The molecule has 4 aromatic rings. The van der Waals surface area contributed by atoms with Gasteiger partial charge in [-0.1, -0.05) is 18.2 Å². The average molecular weight is 474 g/mol. The third-order valence-electron chi connectivity index (χ3n) is 6.75. The molecule has 35 heavy (non-hydrogen) atoms. The van der Waals surface area contributed by atoms with E-state index in [1.54, 1.807) is 27.5 Å². The molecule has 1 aliphatic heterocycles. The maximum absolute atomic E-state index is 5.80. The van der Waals surface area contributed by atoms with Crippen molar-refractivity contribution in [1.29, 1.82) is 0 Å². The minimum absolute atomic E-state index is 0.158. The molecule has 1 N–H and O–H groups in total. The van der Waals surface area contributed by atoms with Crippen molar-refractivity contribution in [3.63, 3.8) is 0 Å². The van der Waals surface area contributed by atoms with Crippen molar-refractivity contribution in [2.45, 2.75) is 18.4 Å². The van der Waals surface area contributed by atoms with E-state index in [4.69, 9.17) is 19.3 Å². The predicted molar refractivity (Wildman–Crippen MR) is 137 cm³/mol. The highest BCUT2D eigenvalue weighted by Crippen LogP contribution is 2.36. The highest BCUT2D eigenvalue weighted by molar-refractivity contribution is 5.72. The van der Waals surface area contributed by atoms with Gasteiger partial charge in [0.2, 0.25) is 5.95 Å². The summed E-state index contributed by atoms with van der Waals surface area (Å²) in [4.78, 5) is 6.83. The van der Waals surface area contributed by atoms with Crippen molar-refractivity contribution in [2.24, 2.45) is 0 Å². The molecule has 0 spiro atoms. The van der Waals surface area contributed by atoms with Gasteiger partial charge in [-0.05, 0) is 62.0 Å². The number of piperidine rings is 1. The minimum Gasteiger partial charge on any atom is -0.496 e. The van der Waals surface area contributed by atoms with Crippen LogP contribution in [0.25, 0.3) is 16.8 Å². The van der Waals surface area contributed by atoms with Crippen LogP contribution in [0.3, 0.4) is 0 Å². The summed E-state index contributed by atoms with van der Waals surface area (Å²) < 4.78 is 19.0. The average Bonchev–Trinajstić information content (AvgIpc) is 3.32. The third-order valence-corrected chi connectivity index (χ3v) is 6.75. The number of likely N-dealkylation sites (tertiary alicyclic amines) is 1. The van der Waals surface area contributed by atoms with Crippen LogP contribution in [0.5, 0.6) is 11.5 Å². The van der Waals surface area contributed by atoms with E-state index in [1.165, 1.54) is 5.56 Å². The summed E-state index contributed by atoms with van der Waals surface area (Å²) in [5.74, 6) is 2.35. The number of benzene rings is 2. The lowest BCUT2D eigenvalue weighted by molar-refractivity contribution is 0.0233. The lowest BCUT2D eigenvalue weighted by Crippen LogP contribution is -2.41. The molecule has 0 amide bonds. The number of fused-ring (bicyclic) bond motifs is 1. The number of nitrogens with one attached hydrogen (secondary N) is 1. The Bertz CT molecular complexity index is 1320. The molecule has 8 heteroatoms. The monoisotopic (exact) mass is 473 g/mol. The zero-order valence-corrected chi connectivity index (χ0v) is 20.6. The summed E-state index contributed by atoms with van der Waals surface area (Å²) in [6.07, 6.45) is 3.01. The largest absolute Gasteiger partial charge is 0.496 e. The Balaban J connectivity index is 1.45. The lowest BCUT2D eigenvalue weighted by Gasteiger charge is -2.36. The first-order valence-electron chi connectivity index (χ1n) is 11.8. The van der Waals surface area contributed by atoms with Gasteiger partial charge < -0.3 is 24.4 Å². The fraction of sp³-hybridized carbons (Fsp3) is 0.333. The third kappa shape index (κ3) is 4.54. The van der Waals surface area contributed by atoms with Crippen molar-refractivity contribution >= 4 is 17.2 Å². The van der Waals surface area contributed by atoms with Gasteiger partial charge in [-0.3, -0.25) is 0 Å². The molecule has 0 aliphatic carbocycles. The smallest absolute Gasteiger partial charge is 0.245 e.